The van der Waals surface area contributed by atoms with Crippen LogP contribution in [0.25, 0.3) is 0 Å². The van der Waals surface area contributed by atoms with E-state index in [0.717, 1.165) is 32.2 Å². The highest BCUT2D eigenvalue weighted by atomic mass is 16.5. The molecule has 0 unspecified atom stereocenters. The van der Waals surface area contributed by atoms with E-state index in [1.807, 2.05) is 0 Å². The first-order valence-electron chi connectivity index (χ1n) is 6.59. The fourth-order valence-corrected chi connectivity index (χ4v) is 3.98. The average molecular weight is 237 g/mol. The second-order valence-corrected chi connectivity index (χ2v) is 5.51. The van der Waals surface area contributed by atoms with Gasteiger partial charge in [0.15, 0.2) is 5.78 Å². The first-order valence-corrected chi connectivity index (χ1v) is 6.59. The van der Waals surface area contributed by atoms with Crippen molar-refractivity contribution < 1.29 is 14.3 Å². The number of ketones is 1. The van der Waals surface area contributed by atoms with Crippen LogP contribution in [0.3, 0.4) is 0 Å². The molecule has 0 spiro atoms. The number of fused-ring (bicyclic) bond motifs is 3. The van der Waals surface area contributed by atoms with Gasteiger partial charge in [-0.2, -0.15) is 0 Å². The molecule has 1 aliphatic carbocycles. The van der Waals surface area contributed by atoms with E-state index in [1.165, 1.54) is 7.11 Å². The first-order chi connectivity index (χ1) is 8.22. The summed E-state index contributed by atoms with van der Waals surface area (Å²) < 4.78 is 4.80. The Hall–Kier alpha value is -0.900. The highest BCUT2D eigenvalue weighted by molar-refractivity contribution is 5.90. The second kappa shape index (κ2) is 4.09. The van der Waals surface area contributed by atoms with Gasteiger partial charge in [0.25, 0.3) is 0 Å². The standard InChI is InChI=1S/C13H19NO3/c1-17-13(16)8-4-5-10-9(7-8)12(15)11-3-2-6-14(10)11/h8-11H,2-7H2,1H3/t8-,9-,10+,11-/m1/s1. The maximum absolute atomic E-state index is 12.3. The maximum atomic E-state index is 12.3. The summed E-state index contributed by atoms with van der Waals surface area (Å²) in [6, 6.07) is 0.581. The topological polar surface area (TPSA) is 46.6 Å². The molecule has 94 valence electrons. The molecule has 1 saturated carbocycles. The number of hydrogen-bond acceptors (Lipinski definition) is 4. The molecule has 0 amide bonds. The van der Waals surface area contributed by atoms with Gasteiger partial charge >= 0.3 is 5.97 Å². The largest absolute Gasteiger partial charge is 0.469 e. The molecule has 4 atom stereocenters. The molecule has 3 rings (SSSR count). The van der Waals surface area contributed by atoms with E-state index >= 15 is 0 Å². The Bertz CT molecular complexity index is 355. The number of ether oxygens (including phenoxy) is 1. The van der Waals surface area contributed by atoms with Gasteiger partial charge in [-0.3, -0.25) is 14.5 Å². The van der Waals surface area contributed by atoms with Gasteiger partial charge < -0.3 is 4.74 Å². The number of hydrogen-bond donors (Lipinski definition) is 0. The van der Waals surface area contributed by atoms with Crippen LogP contribution in [-0.4, -0.2) is 42.4 Å². The summed E-state index contributed by atoms with van der Waals surface area (Å²) in [7, 11) is 1.43. The second-order valence-electron chi connectivity index (χ2n) is 5.51. The summed E-state index contributed by atoms with van der Waals surface area (Å²) in [4.78, 5) is 26.2. The summed E-state index contributed by atoms with van der Waals surface area (Å²) in [5.41, 5.74) is 0. The molecule has 4 heteroatoms. The number of rotatable bonds is 1. The zero-order valence-electron chi connectivity index (χ0n) is 10.2. The Balaban J connectivity index is 1.76. The molecular formula is C13H19NO3. The third kappa shape index (κ3) is 1.61. The predicted octanol–water partition coefficient (Wildman–Crippen LogP) is 0.991. The van der Waals surface area contributed by atoms with Gasteiger partial charge in [-0.05, 0) is 38.6 Å². The number of Topliss-reactive ketones (excluding diaryl/α,β-unsaturated/α-hetero) is 1. The highest BCUT2D eigenvalue weighted by Crippen LogP contribution is 2.43. The van der Waals surface area contributed by atoms with Gasteiger partial charge in [-0.15, -0.1) is 0 Å². The molecule has 4 nitrogen and oxygen atoms in total. The molecule has 3 fully saturated rings. The number of esters is 1. The van der Waals surface area contributed by atoms with Crippen molar-refractivity contribution in [1.82, 2.24) is 4.90 Å². The lowest BCUT2D eigenvalue weighted by Gasteiger charge is -2.33. The normalized spacial score (nSPS) is 41.1. The van der Waals surface area contributed by atoms with Gasteiger partial charge in [0.05, 0.1) is 19.1 Å². The molecule has 0 aromatic carbocycles. The van der Waals surface area contributed by atoms with Crippen LogP contribution < -0.4 is 0 Å². The molecular weight excluding hydrogens is 218 g/mol. The number of carbonyl (C=O) groups is 2. The molecule has 2 saturated heterocycles. The number of carbonyl (C=O) groups excluding carboxylic acids is 2. The highest BCUT2D eigenvalue weighted by Gasteiger charge is 2.52. The van der Waals surface area contributed by atoms with Gasteiger partial charge in [0.1, 0.15) is 0 Å². The quantitative estimate of drug-likeness (QED) is 0.638. The van der Waals surface area contributed by atoms with Gasteiger partial charge in [0, 0.05) is 12.0 Å². The van der Waals surface area contributed by atoms with Crippen molar-refractivity contribution in [1.29, 1.82) is 0 Å². The summed E-state index contributed by atoms with van der Waals surface area (Å²) in [5, 5.41) is 0. The van der Waals surface area contributed by atoms with Crippen LogP contribution in [-0.2, 0) is 14.3 Å². The zero-order chi connectivity index (χ0) is 12.0. The van der Waals surface area contributed by atoms with Crippen LogP contribution in [0.1, 0.15) is 32.1 Å². The molecule has 0 aromatic rings. The van der Waals surface area contributed by atoms with Crippen molar-refractivity contribution >= 4 is 11.8 Å². The molecule has 0 bridgehead atoms. The van der Waals surface area contributed by atoms with E-state index in [9.17, 15) is 9.59 Å². The van der Waals surface area contributed by atoms with Crippen LogP contribution in [0.15, 0.2) is 0 Å². The minimum atomic E-state index is -0.136. The van der Waals surface area contributed by atoms with E-state index in [0.29, 0.717) is 18.2 Å². The summed E-state index contributed by atoms with van der Waals surface area (Å²) in [6.07, 6.45) is 4.75. The predicted molar refractivity (Wildman–Crippen MR) is 61.4 cm³/mol. The van der Waals surface area contributed by atoms with Gasteiger partial charge in [-0.25, -0.2) is 0 Å². The average Bonchev–Trinajstić information content (AvgIpc) is 2.92. The molecule has 0 radical (unpaired) electrons. The van der Waals surface area contributed by atoms with E-state index in [-0.39, 0.29) is 23.8 Å². The van der Waals surface area contributed by atoms with Crippen LogP contribution in [0.5, 0.6) is 0 Å². The molecule has 17 heavy (non-hydrogen) atoms. The third-order valence-electron chi connectivity index (χ3n) is 4.76. The minimum absolute atomic E-state index is 0.0507. The van der Waals surface area contributed by atoms with E-state index in [2.05, 4.69) is 4.90 Å². The van der Waals surface area contributed by atoms with E-state index in [1.54, 1.807) is 0 Å². The molecule has 0 N–H and O–H groups in total. The minimum Gasteiger partial charge on any atom is -0.469 e. The fraction of sp³-hybridized carbons (Fsp3) is 0.846. The smallest absolute Gasteiger partial charge is 0.308 e. The SMILES string of the molecule is COC(=O)[C@@H]1CC[C@H]2[C@@H](C1)C(=O)[C@H]1CCCN12. The Kier molecular flexibility index (Phi) is 2.69. The zero-order valence-corrected chi connectivity index (χ0v) is 10.2. The Labute approximate surface area is 101 Å². The lowest BCUT2D eigenvalue weighted by molar-refractivity contribution is -0.147. The molecule has 2 heterocycles. The van der Waals surface area contributed by atoms with Gasteiger partial charge in [-0.1, -0.05) is 0 Å². The fourth-order valence-electron chi connectivity index (χ4n) is 3.98. The lowest BCUT2D eigenvalue weighted by Crippen LogP contribution is -2.39. The third-order valence-corrected chi connectivity index (χ3v) is 4.76. The van der Waals surface area contributed by atoms with Crippen LogP contribution in [0.2, 0.25) is 0 Å². The van der Waals surface area contributed by atoms with Crippen molar-refractivity contribution in [2.45, 2.75) is 44.2 Å². The van der Waals surface area contributed by atoms with Crippen molar-refractivity contribution in [2.75, 3.05) is 13.7 Å². The maximum Gasteiger partial charge on any atom is 0.308 e. The number of nitrogens with zero attached hydrogens (tertiary/aromatic N) is 1. The summed E-state index contributed by atoms with van der Waals surface area (Å²) in [5.74, 6) is 0.299. The summed E-state index contributed by atoms with van der Waals surface area (Å²) >= 11 is 0. The van der Waals surface area contributed by atoms with Crippen LogP contribution >= 0.6 is 0 Å². The molecule has 3 aliphatic rings. The molecule has 0 aromatic heterocycles. The van der Waals surface area contributed by atoms with Crippen molar-refractivity contribution in [3.05, 3.63) is 0 Å². The van der Waals surface area contributed by atoms with E-state index < -0.39 is 0 Å². The van der Waals surface area contributed by atoms with Gasteiger partial charge in [0.2, 0.25) is 0 Å². The van der Waals surface area contributed by atoms with E-state index in [4.69, 9.17) is 4.74 Å². The molecule has 2 aliphatic heterocycles. The number of methoxy groups -OCH3 is 1. The Morgan fingerprint density at radius 3 is 2.94 bits per heavy atom. The van der Waals surface area contributed by atoms with Crippen molar-refractivity contribution in [3.63, 3.8) is 0 Å². The lowest BCUT2D eigenvalue weighted by atomic mass is 9.77. The Morgan fingerprint density at radius 1 is 1.35 bits per heavy atom. The Morgan fingerprint density at radius 2 is 2.18 bits per heavy atom. The van der Waals surface area contributed by atoms with Crippen LogP contribution in [0.4, 0.5) is 0 Å². The van der Waals surface area contributed by atoms with Crippen molar-refractivity contribution in [3.8, 4) is 0 Å². The monoisotopic (exact) mass is 237 g/mol. The van der Waals surface area contributed by atoms with Crippen molar-refractivity contribution in [2.24, 2.45) is 11.8 Å². The van der Waals surface area contributed by atoms with Crippen LogP contribution in [0, 0.1) is 11.8 Å². The summed E-state index contributed by atoms with van der Waals surface area (Å²) in [6.45, 7) is 1.07. The first kappa shape index (κ1) is 11.2.